The van der Waals surface area contributed by atoms with Crippen molar-refractivity contribution in [3.63, 3.8) is 0 Å². The number of rotatable bonds is 5. The van der Waals surface area contributed by atoms with Gasteiger partial charge in [-0.1, -0.05) is 28.9 Å². The molecule has 2 aromatic carbocycles. The molecule has 1 heterocycles. The minimum Gasteiger partial charge on any atom is -0.366 e. The largest absolute Gasteiger partial charge is 0.366 e. The van der Waals surface area contributed by atoms with Gasteiger partial charge in [-0.3, -0.25) is 0 Å². The highest BCUT2D eigenvalue weighted by molar-refractivity contribution is 6.30. The third-order valence-electron chi connectivity index (χ3n) is 4.35. The van der Waals surface area contributed by atoms with Gasteiger partial charge in [-0.2, -0.15) is 0 Å². The Labute approximate surface area is 159 Å². The molecule has 0 aliphatic rings. The first-order chi connectivity index (χ1) is 12.5. The van der Waals surface area contributed by atoms with E-state index in [0.717, 1.165) is 45.9 Å². The average Bonchev–Trinajstić information content (AvgIpc) is 3.12. The number of halogens is 1. The first-order valence-corrected chi connectivity index (χ1v) is 8.94. The second-order valence-corrected chi connectivity index (χ2v) is 6.79. The van der Waals surface area contributed by atoms with E-state index in [0.29, 0.717) is 5.02 Å². The summed E-state index contributed by atoms with van der Waals surface area (Å²) in [6.45, 7) is 7.13. The van der Waals surface area contributed by atoms with Gasteiger partial charge in [0.05, 0.1) is 12.0 Å². The lowest BCUT2D eigenvalue weighted by Crippen LogP contribution is -2.14. The predicted octanol–water partition coefficient (Wildman–Crippen LogP) is 5.89. The Bertz CT molecular complexity index is 929. The van der Waals surface area contributed by atoms with Crippen LogP contribution in [0.3, 0.4) is 0 Å². The standard InChI is InChI=1S/C21H22ClN3O/c1-5-25(4)13-23-19-11-14(2)18(10-15(19)3)21-12-20(24-26-21)16-6-8-17(22)9-7-16/h6-13H,5H2,1-4H3/b23-13-. The lowest BCUT2D eigenvalue weighted by Gasteiger charge is -2.10. The lowest BCUT2D eigenvalue weighted by molar-refractivity contribution is 0.434. The molecule has 0 saturated heterocycles. The van der Waals surface area contributed by atoms with E-state index in [9.17, 15) is 0 Å². The van der Waals surface area contributed by atoms with Gasteiger partial charge in [0, 0.05) is 35.8 Å². The van der Waals surface area contributed by atoms with E-state index in [1.165, 1.54) is 0 Å². The van der Waals surface area contributed by atoms with Gasteiger partial charge in [-0.05, 0) is 56.2 Å². The first kappa shape index (κ1) is 18.2. The molecule has 0 atom stereocenters. The summed E-state index contributed by atoms with van der Waals surface area (Å²) in [4.78, 5) is 6.61. The molecule has 1 aromatic heterocycles. The Kier molecular flexibility index (Phi) is 5.43. The number of aromatic nitrogens is 1. The fraction of sp³-hybridized carbons (Fsp3) is 0.238. The molecule has 0 saturated carbocycles. The fourth-order valence-electron chi connectivity index (χ4n) is 2.61. The molecule has 134 valence electrons. The number of aliphatic imine (C=N–C) groups is 1. The molecule has 0 unspecified atom stereocenters. The molecule has 0 aliphatic heterocycles. The zero-order valence-electron chi connectivity index (χ0n) is 15.5. The fourth-order valence-corrected chi connectivity index (χ4v) is 2.73. The van der Waals surface area contributed by atoms with Crippen molar-refractivity contribution < 1.29 is 4.52 Å². The smallest absolute Gasteiger partial charge is 0.167 e. The summed E-state index contributed by atoms with van der Waals surface area (Å²) in [5, 5.41) is 4.90. The molecule has 0 bridgehead atoms. The van der Waals surface area contributed by atoms with Crippen LogP contribution in [0.4, 0.5) is 5.69 Å². The predicted molar refractivity (Wildman–Crippen MR) is 108 cm³/mol. The topological polar surface area (TPSA) is 41.6 Å². The van der Waals surface area contributed by atoms with E-state index in [1.807, 2.05) is 48.6 Å². The van der Waals surface area contributed by atoms with Gasteiger partial charge in [0.25, 0.3) is 0 Å². The molecular formula is C21H22ClN3O. The van der Waals surface area contributed by atoms with Crippen molar-refractivity contribution in [2.24, 2.45) is 4.99 Å². The van der Waals surface area contributed by atoms with Gasteiger partial charge in [0.15, 0.2) is 5.76 Å². The highest BCUT2D eigenvalue weighted by Gasteiger charge is 2.13. The Morgan fingerprint density at radius 1 is 1.12 bits per heavy atom. The molecule has 0 radical (unpaired) electrons. The summed E-state index contributed by atoms with van der Waals surface area (Å²) in [6, 6.07) is 13.7. The van der Waals surface area contributed by atoms with Crippen molar-refractivity contribution in [3.05, 3.63) is 58.6 Å². The molecule has 0 fully saturated rings. The van der Waals surface area contributed by atoms with Crippen LogP contribution in [0.15, 0.2) is 52.0 Å². The van der Waals surface area contributed by atoms with Gasteiger partial charge < -0.3 is 9.42 Å². The van der Waals surface area contributed by atoms with Gasteiger partial charge in [0.1, 0.15) is 5.69 Å². The van der Waals surface area contributed by atoms with Crippen LogP contribution >= 0.6 is 11.6 Å². The summed E-state index contributed by atoms with van der Waals surface area (Å²) in [7, 11) is 2.01. The molecule has 3 rings (SSSR count). The maximum Gasteiger partial charge on any atom is 0.167 e. The highest BCUT2D eigenvalue weighted by atomic mass is 35.5. The van der Waals surface area contributed by atoms with Gasteiger partial charge in [-0.15, -0.1) is 0 Å². The number of hydrogen-bond donors (Lipinski definition) is 0. The normalized spacial score (nSPS) is 11.3. The summed E-state index contributed by atoms with van der Waals surface area (Å²) in [5.74, 6) is 0.747. The maximum atomic E-state index is 5.95. The third kappa shape index (κ3) is 3.97. The lowest BCUT2D eigenvalue weighted by atomic mass is 10.0. The zero-order chi connectivity index (χ0) is 18.7. The summed E-state index contributed by atoms with van der Waals surface area (Å²) in [6.07, 6.45) is 1.86. The monoisotopic (exact) mass is 367 g/mol. The minimum absolute atomic E-state index is 0.703. The van der Waals surface area contributed by atoms with Crippen LogP contribution in [0.25, 0.3) is 22.6 Å². The van der Waals surface area contributed by atoms with Crippen LogP contribution in [0.5, 0.6) is 0 Å². The number of benzene rings is 2. The number of hydrogen-bond acceptors (Lipinski definition) is 3. The van der Waals surface area contributed by atoms with Crippen molar-refractivity contribution >= 4 is 23.6 Å². The average molecular weight is 368 g/mol. The van der Waals surface area contributed by atoms with Crippen LogP contribution in [-0.2, 0) is 0 Å². The first-order valence-electron chi connectivity index (χ1n) is 8.56. The summed E-state index contributed by atoms with van der Waals surface area (Å²) >= 11 is 5.95. The molecule has 0 spiro atoms. The van der Waals surface area contributed by atoms with E-state index < -0.39 is 0 Å². The molecule has 0 aliphatic carbocycles. The molecule has 0 N–H and O–H groups in total. The van der Waals surface area contributed by atoms with Crippen LogP contribution in [0.1, 0.15) is 18.1 Å². The summed E-state index contributed by atoms with van der Waals surface area (Å²) in [5.41, 5.74) is 5.95. The Balaban J connectivity index is 1.91. The molecule has 3 aromatic rings. The van der Waals surface area contributed by atoms with Gasteiger partial charge >= 0.3 is 0 Å². The molecule has 26 heavy (non-hydrogen) atoms. The minimum atomic E-state index is 0.703. The van der Waals surface area contributed by atoms with Crippen LogP contribution < -0.4 is 0 Å². The van der Waals surface area contributed by atoms with E-state index in [-0.39, 0.29) is 0 Å². The third-order valence-corrected chi connectivity index (χ3v) is 4.60. The van der Waals surface area contributed by atoms with E-state index in [1.54, 1.807) is 0 Å². The van der Waals surface area contributed by atoms with Gasteiger partial charge in [-0.25, -0.2) is 4.99 Å². The quantitative estimate of drug-likeness (QED) is 0.417. The van der Waals surface area contributed by atoms with Crippen LogP contribution in [0.2, 0.25) is 5.02 Å². The molecule has 4 nitrogen and oxygen atoms in total. The molecule has 5 heteroatoms. The Morgan fingerprint density at radius 2 is 1.85 bits per heavy atom. The zero-order valence-corrected chi connectivity index (χ0v) is 16.2. The van der Waals surface area contributed by atoms with E-state index in [2.05, 4.69) is 43.1 Å². The van der Waals surface area contributed by atoms with Gasteiger partial charge in [0.2, 0.25) is 0 Å². The molecular weight excluding hydrogens is 346 g/mol. The number of nitrogens with zero attached hydrogens (tertiary/aromatic N) is 3. The summed E-state index contributed by atoms with van der Waals surface area (Å²) < 4.78 is 5.60. The van der Waals surface area contributed by atoms with E-state index >= 15 is 0 Å². The van der Waals surface area contributed by atoms with Crippen LogP contribution in [0, 0.1) is 13.8 Å². The van der Waals surface area contributed by atoms with Crippen molar-refractivity contribution in [2.45, 2.75) is 20.8 Å². The van der Waals surface area contributed by atoms with Crippen molar-refractivity contribution in [3.8, 4) is 22.6 Å². The maximum absolute atomic E-state index is 5.95. The van der Waals surface area contributed by atoms with Crippen molar-refractivity contribution in [1.29, 1.82) is 0 Å². The SMILES string of the molecule is CCN(C)/C=N\c1cc(C)c(-c2cc(-c3ccc(Cl)cc3)no2)cc1C. The van der Waals surface area contributed by atoms with Crippen molar-refractivity contribution in [2.75, 3.05) is 13.6 Å². The van der Waals surface area contributed by atoms with Crippen LogP contribution in [-0.4, -0.2) is 30.0 Å². The highest BCUT2D eigenvalue weighted by Crippen LogP contribution is 2.32. The second-order valence-electron chi connectivity index (χ2n) is 6.35. The molecule has 0 amide bonds. The number of aryl methyl sites for hydroxylation is 2. The van der Waals surface area contributed by atoms with Crippen molar-refractivity contribution in [1.82, 2.24) is 10.1 Å². The second kappa shape index (κ2) is 7.75. The Morgan fingerprint density at radius 3 is 2.54 bits per heavy atom. The Hall–Kier alpha value is -2.59. The van der Waals surface area contributed by atoms with E-state index in [4.69, 9.17) is 16.1 Å².